The van der Waals surface area contributed by atoms with Gasteiger partial charge >= 0.3 is 0 Å². The molecule has 0 saturated heterocycles. The number of pyridine rings is 1. The molecule has 3 rings (SSSR count). The van der Waals surface area contributed by atoms with Crippen LogP contribution in [0, 0.1) is 6.92 Å². The zero-order valence-corrected chi connectivity index (χ0v) is 12.0. The quantitative estimate of drug-likeness (QED) is 0.775. The van der Waals surface area contributed by atoms with Gasteiger partial charge in [0.25, 0.3) is 0 Å². The molecule has 0 spiro atoms. The van der Waals surface area contributed by atoms with E-state index in [9.17, 15) is 0 Å². The number of hydrogen-bond donors (Lipinski definition) is 2. The minimum Gasteiger partial charge on any atom is -0.366 e. The van der Waals surface area contributed by atoms with Crippen molar-refractivity contribution in [1.82, 2.24) is 15.0 Å². The number of H-pyrrole nitrogens is 1. The molecule has 0 atom stereocenters. The van der Waals surface area contributed by atoms with Gasteiger partial charge in [0, 0.05) is 17.2 Å². The average Bonchev–Trinajstić information content (AvgIpc) is 2.77. The zero-order valence-electron chi connectivity index (χ0n) is 10.4. The number of halogens is 1. The second kappa shape index (κ2) is 5.01. The molecule has 0 saturated carbocycles. The van der Waals surface area contributed by atoms with Gasteiger partial charge in [-0.15, -0.1) is 0 Å². The smallest absolute Gasteiger partial charge is 0.126 e. The number of hydrogen-bond acceptors (Lipinski definition) is 3. The van der Waals surface area contributed by atoms with Crippen molar-refractivity contribution in [2.45, 2.75) is 13.5 Å². The summed E-state index contributed by atoms with van der Waals surface area (Å²) in [4.78, 5) is 11.9. The SMILES string of the molecule is Cc1nc2ccc(CNc3ccc(Br)cn3)cc2[nH]1. The first-order chi connectivity index (χ1) is 9.20. The molecular weight excluding hydrogens is 304 g/mol. The Morgan fingerprint density at radius 1 is 1.26 bits per heavy atom. The molecule has 1 aromatic carbocycles. The molecule has 5 heteroatoms. The third-order valence-electron chi connectivity index (χ3n) is 2.87. The Bertz CT molecular complexity index is 703. The van der Waals surface area contributed by atoms with E-state index in [2.05, 4.69) is 48.3 Å². The minimum atomic E-state index is 0.739. The van der Waals surface area contributed by atoms with Crippen LogP contribution < -0.4 is 5.32 Å². The lowest BCUT2D eigenvalue weighted by Gasteiger charge is -2.05. The van der Waals surface area contributed by atoms with E-state index in [0.29, 0.717) is 0 Å². The Kier molecular flexibility index (Phi) is 3.21. The van der Waals surface area contributed by atoms with Crippen LogP contribution in [0.5, 0.6) is 0 Å². The van der Waals surface area contributed by atoms with Gasteiger partial charge in [0.05, 0.1) is 11.0 Å². The summed E-state index contributed by atoms with van der Waals surface area (Å²) in [6.45, 7) is 2.70. The van der Waals surface area contributed by atoms with Crippen LogP contribution in [0.25, 0.3) is 11.0 Å². The number of imidazole rings is 1. The number of aromatic nitrogens is 3. The number of fused-ring (bicyclic) bond motifs is 1. The maximum atomic E-state index is 4.39. The van der Waals surface area contributed by atoms with Crippen LogP contribution in [-0.4, -0.2) is 15.0 Å². The molecule has 0 amide bonds. The number of aryl methyl sites for hydroxylation is 1. The van der Waals surface area contributed by atoms with Crippen molar-refractivity contribution in [1.29, 1.82) is 0 Å². The summed E-state index contributed by atoms with van der Waals surface area (Å²) in [5, 5.41) is 3.29. The molecule has 19 heavy (non-hydrogen) atoms. The van der Waals surface area contributed by atoms with Crippen molar-refractivity contribution in [3.8, 4) is 0 Å². The van der Waals surface area contributed by atoms with E-state index in [1.165, 1.54) is 5.56 Å². The van der Waals surface area contributed by atoms with Crippen LogP contribution >= 0.6 is 15.9 Å². The number of nitrogens with one attached hydrogen (secondary N) is 2. The molecule has 2 heterocycles. The van der Waals surface area contributed by atoms with Crippen molar-refractivity contribution in [3.63, 3.8) is 0 Å². The fourth-order valence-electron chi connectivity index (χ4n) is 1.97. The molecule has 0 aliphatic rings. The van der Waals surface area contributed by atoms with Gasteiger partial charge in [-0.1, -0.05) is 6.07 Å². The van der Waals surface area contributed by atoms with Crippen molar-refractivity contribution >= 4 is 32.8 Å². The van der Waals surface area contributed by atoms with Gasteiger partial charge in [-0.25, -0.2) is 9.97 Å². The number of rotatable bonds is 3. The summed E-state index contributed by atoms with van der Waals surface area (Å²) >= 11 is 3.37. The number of nitrogens with zero attached hydrogens (tertiary/aromatic N) is 2. The molecule has 0 bridgehead atoms. The molecule has 2 aromatic heterocycles. The van der Waals surface area contributed by atoms with Gasteiger partial charge < -0.3 is 10.3 Å². The molecule has 0 unspecified atom stereocenters. The first-order valence-electron chi connectivity index (χ1n) is 6.01. The fraction of sp³-hybridized carbons (Fsp3) is 0.143. The maximum Gasteiger partial charge on any atom is 0.126 e. The summed E-state index contributed by atoms with van der Waals surface area (Å²) in [6, 6.07) is 10.1. The highest BCUT2D eigenvalue weighted by atomic mass is 79.9. The van der Waals surface area contributed by atoms with E-state index in [1.54, 1.807) is 6.20 Å². The molecule has 0 aliphatic carbocycles. The third-order valence-corrected chi connectivity index (χ3v) is 3.33. The molecular formula is C14H13BrN4. The van der Waals surface area contributed by atoms with Gasteiger partial charge in [-0.05, 0) is 52.7 Å². The first-order valence-corrected chi connectivity index (χ1v) is 6.81. The van der Waals surface area contributed by atoms with Crippen molar-refractivity contribution in [2.24, 2.45) is 0 Å². The average molecular weight is 317 g/mol. The second-order valence-electron chi connectivity index (χ2n) is 4.39. The van der Waals surface area contributed by atoms with E-state index in [-0.39, 0.29) is 0 Å². The van der Waals surface area contributed by atoms with Crippen molar-refractivity contribution in [2.75, 3.05) is 5.32 Å². The van der Waals surface area contributed by atoms with E-state index in [0.717, 1.165) is 33.7 Å². The van der Waals surface area contributed by atoms with Crippen LogP contribution in [0.1, 0.15) is 11.4 Å². The second-order valence-corrected chi connectivity index (χ2v) is 5.30. The highest BCUT2D eigenvalue weighted by Crippen LogP contribution is 2.15. The molecule has 0 aliphatic heterocycles. The summed E-state index contributed by atoms with van der Waals surface area (Å²) in [7, 11) is 0. The number of benzene rings is 1. The predicted molar refractivity (Wildman–Crippen MR) is 80.1 cm³/mol. The summed E-state index contributed by atoms with van der Waals surface area (Å²) in [5.74, 6) is 1.80. The van der Waals surface area contributed by atoms with Gasteiger partial charge in [0.15, 0.2) is 0 Å². The van der Waals surface area contributed by atoms with E-state index in [4.69, 9.17) is 0 Å². The van der Waals surface area contributed by atoms with Gasteiger partial charge in [0.2, 0.25) is 0 Å². The highest BCUT2D eigenvalue weighted by Gasteiger charge is 2.01. The Morgan fingerprint density at radius 2 is 2.16 bits per heavy atom. The van der Waals surface area contributed by atoms with E-state index < -0.39 is 0 Å². The standard InChI is InChI=1S/C14H13BrN4/c1-9-18-12-4-2-10(6-13(12)19-9)7-16-14-5-3-11(15)8-17-14/h2-6,8H,7H2,1H3,(H,16,17)(H,18,19). The van der Waals surface area contributed by atoms with Gasteiger partial charge in [0.1, 0.15) is 11.6 Å². The fourth-order valence-corrected chi connectivity index (χ4v) is 2.20. The van der Waals surface area contributed by atoms with Crippen molar-refractivity contribution in [3.05, 3.63) is 52.4 Å². The Hall–Kier alpha value is -1.88. The van der Waals surface area contributed by atoms with E-state index >= 15 is 0 Å². The minimum absolute atomic E-state index is 0.739. The summed E-state index contributed by atoms with van der Waals surface area (Å²) in [6.07, 6.45) is 1.78. The Balaban J connectivity index is 1.75. The summed E-state index contributed by atoms with van der Waals surface area (Å²) < 4.78 is 0.979. The molecule has 3 aromatic rings. The Labute approximate surface area is 119 Å². The third kappa shape index (κ3) is 2.76. The van der Waals surface area contributed by atoms with Crippen LogP contribution in [0.15, 0.2) is 41.0 Å². The summed E-state index contributed by atoms with van der Waals surface area (Å²) in [5.41, 5.74) is 3.27. The molecule has 96 valence electrons. The molecule has 4 nitrogen and oxygen atoms in total. The highest BCUT2D eigenvalue weighted by molar-refractivity contribution is 9.10. The Morgan fingerprint density at radius 3 is 2.95 bits per heavy atom. The van der Waals surface area contributed by atoms with Crippen LogP contribution in [-0.2, 0) is 6.54 Å². The monoisotopic (exact) mass is 316 g/mol. The lowest BCUT2D eigenvalue weighted by atomic mass is 10.2. The van der Waals surface area contributed by atoms with Gasteiger partial charge in [-0.3, -0.25) is 0 Å². The van der Waals surface area contributed by atoms with Crippen LogP contribution in [0.4, 0.5) is 5.82 Å². The number of anilines is 1. The largest absolute Gasteiger partial charge is 0.366 e. The molecule has 0 radical (unpaired) electrons. The van der Waals surface area contributed by atoms with Gasteiger partial charge in [-0.2, -0.15) is 0 Å². The normalized spacial score (nSPS) is 10.8. The molecule has 0 fully saturated rings. The van der Waals surface area contributed by atoms with Crippen LogP contribution in [0.2, 0.25) is 0 Å². The maximum absolute atomic E-state index is 4.39. The number of aromatic amines is 1. The van der Waals surface area contributed by atoms with Crippen molar-refractivity contribution < 1.29 is 0 Å². The van der Waals surface area contributed by atoms with Crippen LogP contribution in [0.3, 0.4) is 0 Å². The van der Waals surface area contributed by atoms with E-state index in [1.807, 2.05) is 25.1 Å². The topological polar surface area (TPSA) is 53.6 Å². The lowest BCUT2D eigenvalue weighted by Crippen LogP contribution is -2.00. The zero-order chi connectivity index (χ0) is 13.2. The molecule has 2 N–H and O–H groups in total. The lowest BCUT2D eigenvalue weighted by molar-refractivity contribution is 1.11. The first kappa shape index (κ1) is 12.2. The predicted octanol–water partition coefficient (Wildman–Crippen LogP) is 3.64.